The van der Waals surface area contributed by atoms with Crippen LogP contribution in [0.3, 0.4) is 0 Å². The molecule has 0 amide bonds. The molecule has 2 heterocycles. The Morgan fingerprint density at radius 2 is 1.58 bits per heavy atom. The molecule has 0 radical (unpaired) electrons. The highest BCUT2D eigenvalue weighted by Crippen LogP contribution is 2.27. The summed E-state index contributed by atoms with van der Waals surface area (Å²) >= 11 is 0. The van der Waals surface area contributed by atoms with Crippen LogP contribution in [0.2, 0.25) is 0 Å². The Hall–Kier alpha value is -0.170. The van der Waals surface area contributed by atoms with Gasteiger partial charge in [0.05, 0.1) is 0 Å². The summed E-state index contributed by atoms with van der Waals surface area (Å²) in [6.45, 7) is 8.73. The molecule has 2 aliphatic heterocycles. The van der Waals surface area contributed by atoms with E-state index in [9.17, 15) is 8.42 Å². The average molecular weight is 289 g/mol. The van der Waals surface area contributed by atoms with Crippen molar-refractivity contribution < 1.29 is 8.42 Å². The summed E-state index contributed by atoms with van der Waals surface area (Å²) in [7, 11) is -3.30. The van der Waals surface area contributed by atoms with Gasteiger partial charge in [0.15, 0.2) is 0 Å². The van der Waals surface area contributed by atoms with Crippen LogP contribution in [0.5, 0.6) is 0 Å². The second-order valence-corrected chi connectivity index (χ2v) is 8.49. The Morgan fingerprint density at radius 1 is 1.00 bits per heavy atom. The van der Waals surface area contributed by atoms with E-state index in [0.717, 1.165) is 12.8 Å². The van der Waals surface area contributed by atoms with Gasteiger partial charge in [0.25, 0.3) is 10.2 Å². The van der Waals surface area contributed by atoms with Crippen LogP contribution >= 0.6 is 0 Å². The van der Waals surface area contributed by atoms with Gasteiger partial charge in [-0.3, -0.25) is 0 Å². The second-order valence-electron chi connectivity index (χ2n) is 6.56. The van der Waals surface area contributed by atoms with Crippen molar-refractivity contribution in [2.45, 2.75) is 39.7 Å². The number of nitrogens with zero attached hydrogens (tertiary/aromatic N) is 2. The van der Waals surface area contributed by atoms with Crippen molar-refractivity contribution in [2.75, 3.05) is 26.2 Å². The van der Waals surface area contributed by atoms with Gasteiger partial charge in [0, 0.05) is 32.2 Å². The molecular formula is C13H27N3O2S. The Bertz CT molecular complexity index is 402. The van der Waals surface area contributed by atoms with Crippen molar-refractivity contribution in [3.63, 3.8) is 0 Å². The quantitative estimate of drug-likeness (QED) is 0.820. The second kappa shape index (κ2) is 5.68. The van der Waals surface area contributed by atoms with Crippen molar-refractivity contribution >= 4 is 10.2 Å². The first-order valence-electron chi connectivity index (χ1n) is 7.31. The molecular weight excluding hydrogens is 262 g/mol. The van der Waals surface area contributed by atoms with Gasteiger partial charge in [-0.15, -0.1) is 0 Å². The van der Waals surface area contributed by atoms with Gasteiger partial charge in [-0.1, -0.05) is 20.8 Å². The summed E-state index contributed by atoms with van der Waals surface area (Å²) < 4.78 is 28.7. The fourth-order valence-corrected chi connectivity index (χ4v) is 5.26. The first-order valence-corrected chi connectivity index (χ1v) is 8.71. The Balaban J connectivity index is 2.09. The third-order valence-corrected chi connectivity index (χ3v) is 6.36. The van der Waals surface area contributed by atoms with E-state index in [0.29, 0.717) is 38.0 Å². The molecule has 0 spiro atoms. The molecule has 2 N–H and O–H groups in total. The van der Waals surface area contributed by atoms with Gasteiger partial charge >= 0.3 is 0 Å². The fraction of sp³-hybridized carbons (Fsp3) is 1.00. The van der Waals surface area contributed by atoms with Crippen LogP contribution in [0, 0.1) is 17.8 Å². The number of nitrogens with two attached hydrogens (primary N) is 1. The third-order valence-electron chi connectivity index (χ3n) is 4.42. The highest BCUT2D eigenvalue weighted by atomic mass is 32.2. The van der Waals surface area contributed by atoms with Crippen LogP contribution in [0.1, 0.15) is 33.6 Å². The van der Waals surface area contributed by atoms with E-state index in [1.807, 2.05) is 6.92 Å². The van der Waals surface area contributed by atoms with E-state index in [2.05, 4.69) is 13.8 Å². The molecule has 19 heavy (non-hydrogen) atoms. The fourth-order valence-electron chi connectivity index (χ4n) is 3.29. The average Bonchev–Trinajstić information content (AvgIpc) is 2.31. The van der Waals surface area contributed by atoms with Gasteiger partial charge in [0.1, 0.15) is 0 Å². The molecule has 0 aromatic carbocycles. The SMILES string of the molecule is CC1CC(C)CN(S(=O)(=O)N2CCC(N)C(C)C2)C1. The monoisotopic (exact) mass is 289 g/mol. The molecule has 4 unspecified atom stereocenters. The summed E-state index contributed by atoms with van der Waals surface area (Å²) in [6, 6.07) is 0.130. The summed E-state index contributed by atoms with van der Waals surface area (Å²) in [5.74, 6) is 1.13. The van der Waals surface area contributed by atoms with Crippen molar-refractivity contribution in [2.24, 2.45) is 23.5 Å². The van der Waals surface area contributed by atoms with Crippen molar-refractivity contribution in [3.05, 3.63) is 0 Å². The maximum absolute atomic E-state index is 12.7. The molecule has 5 nitrogen and oxygen atoms in total. The predicted octanol–water partition coefficient (Wildman–Crippen LogP) is 0.878. The van der Waals surface area contributed by atoms with E-state index in [1.54, 1.807) is 8.61 Å². The van der Waals surface area contributed by atoms with Crippen molar-refractivity contribution in [3.8, 4) is 0 Å². The molecule has 2 saturated heterocycles. The van der Waals surface area contributed by atoms with Crippen LogP contribution in [0.4, 0.5) is 0 Å². The molecule has 0 aromatic rings. The zero-order chi connectivity index (χ0) is 14.2. The van der Waals surface area contributed by atoms with Crippen LogP contribution in [-0.2, 0) is 10.2 Å². The van der Waals surface area contributed by atoms with Crippen LogP contribution in [0.15, 0.2) is 0 Å². The van der Waals surface area contributed by atoms with E-state index < -0.39 is 10.2 Å². The first-order chi connectivity index (χ1) is 8.80. The molecule has 0 aliphatic carbocycles. The van der Waals surface area contributed by atoms with E-state index >= 15 is 0 Å². The Morgan fingerprint density at radius 3 is 2.11 bits per heavy atom. The first kappa shape index (κ1) is 15.2. The lowest BCUT2D eigenvalue weighted by molar-refractivity contribution is 0.190. The minimum Gasteiger partial charge on any atom is -0.327 e. The number of piperidine rings is 2. The van der Waals surface area contributed by atoms with Gasteiger partial charge in [-0.25, -0.2) is 0 Å². The summed E-state index contributed by atoms with van der Waals surface area (Å²) in [4.78, 5) is 0. The predicted molar refractivity (Wildman–Crippen MR) is 76.8 cm³/mol. The standard InChI is InChI=1S/C13H27N3O2S/c1-10-6-11(2)8-16(7-10)19(17,18)15-5-4-13(14)12(3)9-15/h10-13H,4-9,14H2,1-3H3. The summed E-state index contributed by atoms with van der Waals surface area (Å²) in [6.07, 6.45) is 1.88. The summed E-state index contributed by atoms with van der Waals surface area (Å²) in [5.41, 5.74) is 5.97. The lowest BCUT2D eigenvalue weighted by atomic mass is 9.94. The van der Waals surface area contributed by atoms with Crippen LogP contribution in [-0.4, -0.2) is 49.2 Å². The van der Waals surface area contributed by atoms with Crippen molar-refractivity contribution in [1.29, 1.82) is 0 Å². The number of hydrogen-bond donors (Lipinski definition) is 1. The Labute approximate surface area is 117 Å². The highest BCUT2D eigenvalue weighted by Gasteiger charge is 2.37. The number of hydrogen-bond acceptors (Lipinski definition) is 3. The molecule has 2 rings (SSSR count). The summed E-state index contributed by atoms with van der Waals surface area (Å²) in [5, 5.41) is 0. The van der Waals surface area contributed by atoms with Gasteiger partial charge in [-0.05, 0) is 30.6 Å². The third kappa shape index (κ3) is 3.29. The van der Waals surface area contributed by atoms with Gasteiger partial charge in [0.2, 0.25) is 0 Å². The lowest BCUT2D eigenvalue weighted by Gasteiger charge is -2.40. The topological polar surface area (TPSA) is 66.6 Å². The normalized spacial score (nSPS) is 39.4. The molecule has 4 atom stereocenters. The lowest BCUT2D eigenvalue weighted by Crippen LogP contribution is -2.54. The molecule has 2 fully saturated rings. The molecule has 2 aliphatic rings. The van der Waals surface area contributed by atoms with Crippen LogP contribution in [0.25, 0.3) is 0 Å². The van der Waals surface area contributed by atoms with Crippen molar-refractivity contribution in [1.82, 2.24) is 8.61 Å². The highest BCUT2D eigenvalue weighted by molar-refractivity contribution is 7.86. The van der Waals surface area contributed by atoms with Gasteiger partial charge < -0.3 is 5.73 Å². The van der Waals surface area contributed by atoms with E-state index in [-0.39, 0.29) is 12.0 Å². The molecule has 0 saturated carbocycles. The van der Waals surface area contributed by atoms with E-state index in [4.69, 9.17) is 5.73 Å². The smallest absolute Gasteiger partial charge is 0.282 e. The Kier molecular flexibility index (Phi) is 4.55. The minimum atomic E-state index is -3.30. The number of rotatable bonds is 2. The largest absolute Gasteiger partial charge is 0.327 e. The molecule has 112 valence electrons. The zero-order valence-electron chi connectivity index (χ0n) is 12.2. The van der Waals surface area contributed by atoms with Crippen LogP contribution < -0.4 is 5.73 Å². The molecule has 0 aromatic heterocycles. The molecule has 0 bridgehead atoms. The van der Waals surface area contributed by atoms with E-state index in [1.165, 1.54) is 0 Å². The molecule has 6 heteroatoms. The maximum Gasteiger partial charge on any atom is 0.282 e. The minimum absolute atomic E-state index is 0.130. The zero-order valence-corrected chi connectivity index (χ0v) is 13.1. The maximum atomic E-state index is 12.7. The van der Waals surface area contributed by atoms with Gasteiger partial charge in [-0.2, -0.15) is 17.0 Å².